The number of hydrogen-bond donors (Lipinski definition) is 1. The van der Waals surface area contributed by atoms with Gasteiger partial charge >= 0.3 is 0 Å². The van der Waals surface area contributed by atoms with Crippen LogP contribution >= 0.6 is 11.8 Å². The second-order valence-electron chi connectivity index (χ2n) is 3.25. The highest BCUT2D eigenvalue weighted by atomic mass is 32.2. The van der Waals surface area contributed by atoms with Crippen molar-refractivity contribution < 1.29 is 4.74 Å². The van der Waals surface area contributed by atoms with E-state index < -0.39 is 0 Å². The Balaban J connectivity index is 2.20. The number of nitrogens with two attached hydrogens (primary N) is 1. The standard InChI is InChI=1S/C10H13N5OS/c1-3-15-6-7(5-12-15)16-9-4-8(11)13-10(14-9)17-2/h4-6H,3H2,1-2H3,(H2,11,13,14). The van der Waals surface area contributed by atoms with Gasteiger partial charge in [-0.2, -0.15) is 10.1 Å². The molecule has 90 valence electrons. The Morgan fingerprint density at radius 3 is 2.94 bits per heavy atom. The van der Waals surface area contributed by atoms with Crippen LogP contribution < -0.4 is 10.5 Å². The maximum Gasteiger partial charge on any atom is 0.225 e. The molecular weight excluding hydrogens is 238 g/mol. The fourth-order valence-electron chi connectivity index (χ4n) is 1.26. The summed E-state index contributed by atoms with van der Waals surface area (Å²) in [5.74, 6) is 1.46. The SMILES string of the molecule is CCn1cc(Oc2cc(N)nc(SC)n2)cn1. The lowest BCUT2D eigenvalue weighted by atomic mass is 10.5. The van der Waals surface area contributed by atoms with E-state index in [9.17, 15) is 0 Å². The van der Waals surface area contributed by atoms with Gasteiger partial charge in [0.25, 0.3) is 0 Å². The third-order valence-corrected chi connectivity index (χ3v) is 2.59. The van der Waals surface area contributed by atoms with Crippen molar-refractivity contribution in [3.63, 3.8) is 0 Å². The molecule has 0 radical (unpaired) electrons. The van der Waals surface area contributed by atoms with E-state index >= 15 is 0 Å². The number of anilines is 1. The molecule has 0 spiro atoms. The minimum Gasteiger partial charge on any atom is -0.435 e. The Morgan fingerprint density at radius 1 is 1.47 bits per heavy atom. The van der Waals surface area contributed by atoms with Crippen molar-refractivity contribution in [3.8, 4) is 11.6 Å². The molecule has 0 fully saturated rings. The summed E-state index contributed by atoms with van der Waals surface area (Å²) in [6.07, 6.45) is 5.32. The smallest absolute Gasteiger partial charge is 0.225 e. The van der Waals surface area contributed by atoms with Crippen LogP contribution in [0.2, 0.25) is 0 Å². The Morgan fingerprint density at radius 2 is 2.29 bits per heavy atom. The third-order valence-electron chi connectivity index (χ3n) is 2.04. The predicted octanol–water partition coefficient (Wildman–Crippen LogP) is 1.79. The Bertz CT molecular complexity index is 513. The van der Waals surface area contributed by atoms with Gasteiger partial charge in [0.15, 0.2) is 10.9 Å². The topological polar surface area (TPSA) is 78.9 Å². The molecule has 6 nitrogen and oxygen atoms in total. The molecule has 2 N–H and O–H groups in total. The van der Waals surface area contributed by atoms with Crippen molar-refractivity contribution in [2.75, 3.05) is 12.0 Å². The molecule has 0 unspecified atom stereocenters. The molecular formula is C10H13N5OS. The van der Waals surface area contributed by atoms with Gasteiger partial charge in [-0.1, -0.05) is 11.8 Å². The van der Waals surface area contributed by atoms with E-state index in [1.54, 1.807) is 23.1 Å². The van der Waals surface area contributed by atoms with E-state index in [-0.39, 0.29) is 0 Å². The molecule has 2 aromatic heterocycles. The predicted molar refractivity (Wildman–Crippen MR) is 66.2 cm³/mol. The zero-order valence-corrected chi connectivity index (χ0v) is 10.4. The highest BCUT2D eigenvalue weighted by molar-refractivity contribution is 7.98. The van der Waals surface area contributed by atoms with Crippen LogP contribution in [0.25, 0.3) is 0 Å². The van der Waals surface area contributed by atoms with Gasteiger partial charge in [-0.15, -0.1) is 0 Å². The molecule has 0 amide bonds. The quantitative estimate of drug-likeness (QED) is 0.659. The first-order valence-electron chi connectivity index (χ1n) is 5.10. The lowest BCUT2D eigenvalue weighted by molar-refractivity contribution is 0.455. The summed E-state index contributed by atoms with van der Waals surface area (Å²) >= 11 is 1.41. The second-order valence-corrected chi connectivity index (χ2v) is 4.02. The first-order valence-corrected chi connectivity index (χ1v) is 6.32. The molecule has 0 aliphatic carbocycles. The van der Waals surface area contributed by atoms with Gasteiger partial charge in [0.1, 0.15) is 5.82 Å². The molecule has 0 bridgehead atoms. The van der Waals surface area contributed by atoms with Crippen LogP contribution in [0.15, 0.2) is 23.6 Å². The number of rotatable bonds is 4. The summed E-state index contributed by atoms with van der Waals surface area (Å²) in [6.45, 7) is 2.80. The molecule has 7 heteroatoms. The highest BCUT2D eigenvalue weighted by Crippen LogP contribution is 2.22. The van der Waals surface area contributed by atoms with Gasteiger partial charge in [0.2, 0.25) is 5.88 Å². The van der Waals surface area contributed by atoms with Gasteiger partial charge in [-0.25, -0.2) is 4.98 Å². The summed E-state index contributed by atoms with van der Waals surface area (Å²) in [4.78, 5) is 8.24. The molecule has 2 heterocycles. The van der Waals surface area contributed by atoms with Gasteiger partial charge in [0.05, 0.1) is 12.4 Å². The first kappa shape index (κ1) is 11.7. The number of thioether (sulfide) groups is 1. The van der Waals surface area contributed by atoms with Crippen LogP contribution in [0.4, 0.5) is 5.82 Å². The molecule has 2 rings (SSSR count). The normalized spacial score (nSPS) is 10.5. The van der Waals surface area contributed by atoms with E-state index in [0.717, 1.165) is 6.54 Å². The molecule has 0 atom stereocenters. The van der Waals surface area contributed by atoms with Crippen LogP contribution in [0.1, 0.15) is 6.92 Å². The van der Waals surface area contributed by atoms with E-state index in [1.165, 1.54) is 11.8 Å². The number of hydrogen-bond acceptors (Lipinski definition) is 6. The molecule has 0 saturated carbocycles. The van der Waals surface area contributed by atoms with Gasteiger partial charge < -0.3 is 10.5 Å². The molecule has 0 saturated heterocycles. The van der Waals surface area contributed by atoms with Crippen molar-refractivity contribution in [1.29, 1.82) is 0 Å². The van der Waals surface area contributed by atoms with E-state index in [0.29, 0.717) is 22.6 Å². The van der Waals surface area contributed by atoms with Crippen molar-refractivity contribution in [2.45, 2.75) is 18.6 Å². The Kier molecular flexibility index (Phi) is 3.48. The summed E-state index contributed by atoms with van der Waals surface area (Å²) < 4.78 is 7.33. The summed E-state index contributed by atoms with van der Waals surface area (Å²) in [5.41, 5.74) is 5.65. The van der Waals surface area contributed by atoms with Crippen LogP contribution in [0.3, 0.4) is 0 Å². The van der Waals surface area contributed by atoms with Gasteiger partial charge in [-0.05, 0) is 13.2 Å². The summed E-state index contributed by atoms with van der Waals surface area (Å²) in [5, 5.41) is 4.69. The average molecular weight is 251 g/mol. The number of ether oxygens (including phenoxy) is 1. The molecule has 0 aliphatic rings. The first-order chi connectivity index (χ1) is 8.21. The summed E-state index contributed by atoms with van der Waals surface area (Å²) in [7, 11) is 0. The molecule has 0 aliphatic heterocycles. The van der Waals surface area contributed by atoms with E-state index in [2.05, 4.69) is 15.1 Å². The van der Waals surface area contributed by atoms with Crippen molar-refractivity contribution in [2.24, 2.45) is 0 Å². The number of aryl methyl sites for hydroxylation is 1. The fourth-order valence-corrected chi connectivity index (χ4v) is 1.63. The third kappa shape index (κ3) is 2.88. The zero-order valence-electron chi connectivity index (χ0n) is 9.62. The highest BCUT2D eigenvalue weighted by Gasteiger charge is 2.05. The Hall–Kier alpha value is -1.76. The van der Waals surface area contributed by atoms with Gasteiger partial charge in [0, 0.05) is 12.6 Å². The zero-order chi connectivity index (χ0) is 12.3. The molecule has 17 heavy (non-hydrogen) atoms. The van der Waals surface area contributed by atoms with E-state index in [4.69, 9.17) is 10.5 Å². The Labute approximate surface area is 103 Å². The minimum absolute atomic E-state index is 0.391. The number of nitrogens with zero attached hydrogens (tertiary/aromatic N) is 4. The molecule has 2 aromatic rings. The fraction of sp³-hybridized carbons (Fsp3) is 0.300. The van der Waals surface area contributed by atoms with E-state index in [1.807, 2.05) is 13.2 Å². The van der Waals surface area contributed by atoms with Crippen LogP contribution in [-0.2, 0) is 6.54 Å². The largest absolute Gasteiger partial charge is 0.435 e. The number of nitrogen functional groups attached to an aromatic ring is 1. The maximum atomic E-state index is 5.65. The van der Waals surface area contributed by atoms with Crippen LogP contribution in [0, 0.1) is 0 Å². The molecule has 0 aromatic carbocycles. The lowest BCUT2D eigenvalue weighted by Gasteiger charge is -2.03. The summed E-state index contributed by atoms with van der Waals surface area (Å²) in [6, 6.07) is 1.59. The van der Waals surface area contributed by atoms with Crippen molar-refractivity contribution >= 4 is 17.6 Å². The minimum atomic E-state index is 0.391. The van der Waals surface area contributed by atoms with Crippen molar-refractivity contribution in [3.05, 3.63) is 18.5 Å². The lowest BCUT2D eigenvalue weighted by Crippen LogP contribution is -1.97. The monoisotopic (exact) mass is 251 g/mol. The average Bonchev–Trinajstić information content (AvgIpc) is 2.76. The second kappa shape index (κ2) is 5.05. The maximum absolute atomic E-state index is 5.65. The van der Waals surface area contributed by atoms with Gasteiger partial charge in [-0.3, -0.25) is 4.68 Å². The van der Waals surface area contributed by atoms with Crippen LogP contribution in [-0.4, -0.2) is 26.0 Å². The van der Waals surface area contributed by atoms with Crippen molar-refractivity contribution in [1.82, 2.24) is 19.7 Å². The van der Waals surface area contributed by atoms with Crippen LogP contribution in [0.5, 0.6) is 11.6 Å². The number of aromatic nitrogens is 4.